The number of aromatic amines is 1. The highest BCUT2D eigenvalue weighted by molar-refractivity contribution is 5.87. The van der Waals surface area contributed by atoms with Crippen LogP contribution in [0.2, 0.25) is 0 Å². The van der Waals surface area contributed by atoms with Crippen LogP contribution in [0, 0.1) is 5.92 Å². The Morgan fingerprint density at radius 3 is 2.71 bits per heavy atom. The molecule has 0 spiro atoms. The van der Waals surface area contributed by atoms with E-state index < -0.39 is 0 Å². The molecular formula is C13H22N2O2. The topological polar surface area (TPSA) is 54.1 Å². The highest BCUT2D eigenvalue weighted by Gasteiger charge is 2.11. The Labute approximate surface area is 103 Å². The molecule has 0 saturated carbocycles. The molecule has 0 radical (unpaired) electrons. The Balaban J connectivity index is 2.52. The third-order valence-electron chi connectivity index (χ3n) is 2.95. The predicted octanol–water partition coefficient (Wildman–Crippen LogP) is 2.33. The first-order valence-electron chi connectivity index (χ1n) is 6.08. The maximum atomic E-state index is 11.3. The molecule has 1 heterocycles. The number of hydrogen-bond acceptors (Lipinski definition) is 3. The fraction of sp³-hybridized carbons (Fsp3) is 0.615. The van der Waals surface area contributed by atoms with Crippen molar-refractivity contribution in [2.45, 2.75) is 39.8 Å². The maximum Gasteiger partial charge on any atom is 0.354 e. The van der Waals surface area contributed by atoms with Gasteiger partial charge in [0.25, 0.3) is 0 Å². The molecule has 0 aliphatic carbocycles. The van der Waals surface area contributed by atoms with Crippen LogP contribution >= 0.6 is 0 Å². The van der Waals surface area contributed by atoms with Crippen molar-refractivity contribution in [2.24, 2.45) is 5.92 Å². The van der Waals surface area contributed by atoms with Crippen LogP contribution in [0.5, 0.6) is 0 Å². The predicted molar refractivity (Wildman–Crippen MR) is 67.9 cm³/mol. The van der Waals surface area contributed by atoms with Gasteiger partial charge in [-0.05, 0) is 24.5 Å². The molecule has 96 valence electrons. The van der Waals surface area contributed by atoms with Gasteiger partial charge in [-0.25, -0.2) is 4.79 Å². The van der Waals surface area contributed by atoms with Crippen molar-refractivity contribution in [2.75, 3.05) is 7.11 Å². The lowest BCUT2D eigenvalue weighted by Gasteiger charge is -2.20. The minimum atomic E-state index is -0.327. The maximum absolute atomic E-state index is 11.3. The highest BCUT2D eigenvalue weighted by Crippen LogP contribution is 2.08. The van der Waals surface area contributed by atoms with E-state index in [1.165, 1.54) is 7.11 Å². The van der Waals surface area contributed by atoms with Crippen LogP contribution in [0.4, 0.5) is 0 Å². The smallest absolute Gasteiger partial charge is 0.354 e. The van der Waals surface area contributed by atoms with Crippen LogP contribution in [0.3, 0.4) is 0 Å². The van der Waals surface area contributed by atoms with Gasteiger partial charge in [-0.1, -0.05) is 20.8 Å². The zero-order valence-electron chi connectivity index (χ0n) is 11.0. The second-order valence-corrected chi connectivity index (χ2v) is 4.53. The fourth-order valence-corrected chi connectivity index (χ4v) is 1.86. The zero-order chi connectivity index (χ0) is 12.8. The number of carbonyl (C=O) groups excluding carboxylic acids is 1. The van der Waals surface area contributed by atoms with Gasteiger partial charge in [-0.2, -0.15) is 0 Å². The Kier molecular flexibility index (Phi) is 5.22. The molecule has 2 N–H and O–H groups in total. The first kappa shape index (κ1) is 13.8. The number of ether oxygens (including phenoxy) is 1. The van der Waals surface area contributed by atoms with Gasteiger partial charge in [0.1, 0.15) is 5.69 Å². The average molecular weight is 238 g/mol. The molecule has 1 atom stereocenters. The summed E-state index contributed by atoms with van der Waals surface area (Å²) in [5.41, 5.74) is 1.51. The Hall–Kier alpha value is -1.29. The number of H-pyrrole nitrogens is 1. The monoisotopic (exact) mass is 238 g/mol. The Bertz CT molecular complexity index is 358. The summed E-state index contributed by atoms with van der Waals surface area (Å²) in [7, 11) is 1.38. The molecule has 0 fully saturated rings. The minimum absolute atomic E-state index is 0.327. The van der Waals surface area contributed by atoms with E-state index >= 15 is 0 Å². The van der Waals surface area contributed by atoms with Crippen molar-refractivity contribution in [1.29, 1.82) is 0 Å². The molecular weight excluding hydrogens is 216 g/mol. The van der Waals surface area contributed by atoms with E-state index in [4.69, 9.17) is 0 Å². The summed E-state index contributed by atoms with van der Waals surface area (Å²) in [4.78, 5) is 14.3. The van der Waals surface area contributed by atoms with Gasteiger partial charge < -0.3 is 15.0 Å². The van der Waals surface area contributed by atoms with Gasteiger partial charge in [0, 0.05) is 18.3 Å². The number of carbonyl (C=O) groups is 1. The minimum Gasteiger partial charge on any atom is -0.464 e. The molecule has 0 saturated heterocycles. The number of aromatic nitrogens is 1. The van der Waals surface area contributed by atoms with Crippen LogP contribution in [0.1, 0.15) is 43.4 Å². The molecule has 0 bridgehead atoms. The van der Waals surface area contributed by atoms with Crippen molar-refractivity contribution >= 4 is 5.97 Å². The van der Waals surface area contributed by atoms with E-state index in [2.05, 4.69) is 35.8 Å². The summed E-state index contributed by atoms with van der Waals surface area (Å²) < 4.78 is 4.64. The van der Waals surface area contributed by atoms with E-state index in [-0.39, 0.29) is 5.97 Å². The van der Waals surface area contributed by atoms with E-state index in [1.54, 1.807) is 6.07 Å². The fourth-order valence-electron chi connectivity index (χ4n) is 1.86. The van der Waals surface area contributed by atoms with Gasteiger partial charge in [-0.15, -0.1) is 0 Å². The SMILES string of the molecule is CCC(NCc1ccc(C(=O)OC)[nH]1)C(C)C. The molecule has 1 aromatic heterocycles. The molecule has 1 rings (SSSR count). The quantitative estimate of drug-likeness (QED) is 0.748. The summed E-state index contributed by atoms with van der Waals surface area (Å²) in [5.74, 6) is 0.280. The molecule has 1 unspecified atom stereocenters. The molecule has 0 aromatic carbocycles. The summed E-state index contributed by atoms with van der Waals surface area (Å²) >= 11 is 0. The van der Waals surface area contributed by atoms with Crippen LogP contribution in [-0.2, 0) is 11.3 Å². The first-order valence-corrected chi connectivity index (χ1v) is 6.08. The standard InChI is InChI=1S/C13H22N2O2/c1-5-11(9(2)3)14-8-10-6-7-12(15-10)13(16)17-4/h6-7,9,11,14-15H,5,8H2,1-4H3. The molecule has 0 aliphatic rings. The van der Waals surface area contributed by atoms with Gasteiger partial charge in [0.05, 0.1) is 7.11 Å². The summed E-state index contributed by atoms with van der Waals surface area (Å²) in [6.07, 6.45) is 1.10. The molecule has 0 amide bonds. The average Bonchev–Trinajstić information content (AvgIpc) is 2.77. The van der Waals surface area contributed by atoms with Gasteiger partial charge in [-0.3, -0.25) is 0 Å². The number of esters is 1. The van der Waals surface area contributed by atoms with E-state index in [0.717, 1.165) is 18.7 Å². The summed E-state index contributed by atoms with van der Waals surface area (Å²) in [5, 5.41) is 3.47. The lowest BCUT2D eigenvalue weighted by molar-refractivity contribution is 0.0594. The molecule has 4 heteroatoms. The lowest BCUT2D eigenvalue weighted by atomic mass is 10.0. The van der Waals surface area contributed by atoms with Crippen molar-refractivity contribution < 1.29 is 9.53 Å². The second kappa shape index (κ2) is 6.45. The number of hydrogen-bond donors (Lipinski definition) is 2. The first-order chi connectivity index (χ1) is 8.08. The summed E-state index contributed by atoms with van der Waals surface area (Å²) in [6.45, 7) is 7.32. The van der Waals surface area contributed by atoms with Crippen LogP contribution in [0.25, 0.3) is 0 Å². The van der Waals surface area contributed by atoms with Crippen LogP contribution in [-0.4, -0.2) is 24.1 Å². The van der Waals surface area contributed by atoms with E-state index in [9.17, 15) is 4.79 Å². The van der Waals surface area contributed by atoms with Crippen molar-refractivity contribution in [3.05, 3.63) is 23.5 Å². The molecule has 0 aliphatic heterocycles. The van der Waals surface area contributed by atoms with Gasteiger partial charge >= 0.3 is 5.97 Å². The second-order valence-electron chi connectivity index (χ2n) is 4.53. The van der Waals surface area contributed by atoms with Gasteiger partial charge in [0.15, 0.2) is 0 Å². The molecule has 4 nitrogen and oxygen atoms in total. The summed E-state index contributed by atoms with van der Waals surface area (Å²) in [6, 6.07) is 4.16. The number of rotatable bonds is 6. The van der Waals surface area contributed by atoms with Crippen molar-refractivity contribution in [3.8, 4) is 0 Å². The van der Waals surface area contributed by atoms with Crippen molar-refractivity contribution in [3.63, 3.8) is 0 Å². The molecule has 17 heavy (non-hydrogen) atoms. The van der Waals surface area contributed by atoms with Crippen molar-refractivity contribution in [1.82, 2.24) is 10.3 Å². The lowest BCUT2D eigenvalue weighted by Crippen LogP contribution is -2.32. The number of nitrogens with one attached hydrogen (secondary N) is 2. The normalized spacial score (nSPS) is 12.8. The largest absolute Gasteiger partial charge is 0.464 e. The third kappa shape index (κ3) is 3.89. The Morgan fingerprint density at radius 2 is 2.18 bits per heavy atom. The van der Waals surface area contributed by atoms with Crippen LogP contribution < -0.4 is 5.32 Å². The zero-order valence-corrected chi connectivity index (χ0v) is 11.0. The number of methoxy groups -OCH3 is 1. The third-order valence-corrected chi connectivity index (χ3v) is 2.95. The molecule has 1 aromatic rings. The Morgan fingerprint density at radius 1 is 1.47 bits per heavy atom. The van der Waals surface area contributed by atoms with Crippen LogP contribution in [0.15, 0.2) is 12.1 Å². The van der Waals surface area contributed by atoms with E-state index in [0.29, 0.717) is 17.7 Å². The van der Waals surface area contributed by atoms with E-state index in [1.807, 2.05) is 6.07 Å². The van der Waals surface area contributed by atoms with Gasteiger partial charge in [0.2, 0.25) is 0 Å². The highest BCUT2D eigenvalue weighted by atomic mass is 16.5.